The number of carbonyl (C=O) groups is 2. The molecule has 0 saturated heterocycles. The molecule has 0 atom stereocenters. The van der Waals surface area contributed by atoms with Gasteiger partial charge in [0.1, 0.15) is 29.5 Å². The molecule has 0 unspecified atom stereocenters. The summed E-state index contributed by atoms with van der Waals surface area (Å²) in [6, 6.07) is 5.54. The first-order valence-electron chi connectivity index (χ1n) is 6.53. The zero-order valence-corrected chi connectivity index (χ0v) is 12.4. The standard InChI is InChI=1S/C16H15FO5/c1-9-4-5-11(6-14(9)17)15(18)21-8-12-7-13(10(2)22-12)16(19)20-3/h4-7H,8H2,1-3H3. The fourth-order valence-electron chi connectivity index (χ4n) is 1.87. The molecular formula is C16H15FO5. The summed E-state index contributed by atoms with van der Waals surface area (Å²) in [5.74, 6) is -0.999. The highest BCUT2D eigenvalue weighted by molar-refractivity contribution is 5.91. The minimum absolute atomic E-state index is 0.111. The number of furan rings is 1. The van der Waals surface area contributed by atoms with Gasteiger partial charge in [-0.1, -0.05) is 6.07 Å². The number of aryl methyl sites for hydroxylation is 2. The van der Waals surface area contributed by atoms with Gasteiger partial charge in [-0.05, 0) is 37.6 Å². The van der Waals surface area contributed by atoms with Crippen molar-refractivity contribution in [2.24, 2.45) is 0 Å². The average Bonchev–Trinajstić information content (AvgIpc) is 2.87. The molecule has 0 amide bonds. The topological polar surface area (TPSA) is 65.7 Å². The van der Waals surface area contributed by atoms with Crippen LogP contribution in [0.1, 0.15) is 37.8 Å². The first kappa shape index (κ1) is 15.8. The first-order valence-corrected chi connectivity index (χ1v) is 6.53. The van der Waals surface area contributed by atoms with Gasteiger partial charge in [0.2, 0.25) is 0 Å². The molecule has 1 aromatic carbocycles. The molecule has 0 aliphatic heterocycles. The Kier molecular flexibility index (Phi) is 4.60. The van der Waals surface area contributed by atoms with E-state index in [9.17, 15) is 14.0 Å². The Morgan fingerprint density at radius 3 is 2.55 bits per heavy atom. The Labute approximate surface area is 126 Å². The number of halogens is 1. The number of rotatable bonds is 4. The number of methoxy groups -OCH3 is 1. The second kappa shape index (κ2) is 6.43. The number of carbonyl (C=O) groups excluding carboxylic acids is 2. The van der Waals surface area contributed by atoms with Gasteiger partial charge in [-0.3, -0.25) is 0 Å². The Morgan fingerprint density at radius 1 is 1.18 bits per heavy atom. The van der Waals surface area contributed by atoms with Crippen molar-refractivity contribution in [2.45, 2.75) is 20.5 Å². The van der Waals surface area contributed by atoms with Crippen molar-refractivity contribution < 1.29 is 27.9 Å². The van der Waals surface area contributed by atoms with E-state index in [1.165, 1.54) is 25.3 Å². The first-order chi connectivity index (χ1) is 10.4. The minimum Gasteiger partial charge on any atom is -0.465 e. The van der Waals surface area contributed by atoms with Crippen LogP contribution >= 0.6 is 0 Å². The van der Waals surface area contributed by atoms with E-state index in [0.29, 0.717) is 17.1 Å². The SMILES string of the molecule is COC(=O)c1cc(COC(=O)c2ccc(C)c(F)c2)oc1C. The monoisotopic (exact) mass is 306 g/mol. The number of hydrogen-bond acceptors (Lipinski definition) is 5. The summed E-state index contributed by atoms with van der Waals surface area (Å²) in [5.41, 5.74) is 0.829. The van der Waals surface area contributed by atoms with Gasteiger partial charge in [-0.15, -0.1) is 0 Å². The molecule has 0 radical (unpaired) electrons. The van der Waals surface area contributed by atoms with E-state index in [-0.39, 0.29) is 17.7 Å². The molecule has 0 N–H and O–H groups in total. The second-order valence-electron chi connectivity index (χ2n) is 4.71. The molecule has 1 aromatic heterocycles. The summed E-state index contributed by atoms with van der Waals surface area (Å²) in [4.78, 5) is 23.3. The van der Waals surface area contributed by atoms with Crippen LogP contribution in [-0.2, 0) is 16.1 Å². The average molecular weight is 306 g/mol. The molecule has 5 nitrogen and oxygen atoms in total. The van der Waals surface area contributed by atoms with Gasteiger partial charge >= 0.3 is 11.9 Å². The van der Waals surface area contributed by atoms with E-state index in [1.54, 1.807) is 13.8 Å². The van der Waals surface area contributed by atoms with Gasteiger partial charge in [0.15, 0.2) is 0 Å². The van der Waals surface area contributed by atoms with Crippen LogP contribution in [0.3, 0.4) is 0 Å². The number of benzene rings is 1. The third-order valence-corrected chi connectivity index (χ3v) is 3.13. The molecule has 22 heavy (non-hydrogen) atoms. The largest absolute Gasteiger partial charge is 0.465 e. The lowest BCUT2D eigenvalue weighted by atomic mass is 10.1. The van der Waals surface area contributed by atoms with Crippen LogP contribution in [0.4, 0.5) is 4.39 Å². The fraction of sp³-hybridized carbons (Fsp3) is 0.250. The fourth-order valence-corrected chi connectivity index (χ4v) is 1.87. The van der Waals surface area contributed by atoms with Gasteiger partial charge in [-0.25, -0.2) is 14.0 Å². The molecule has 1 heterocycles. The van der Waals surface area contributed by atoms with Crippen molar-refractivity contribution in [1.82, 2.24) is 0 Å². The van der Waals surface area contributed by atoms with Crippen LogP contribution in [0.15, 0.2) is 28.7 Å². The molecule has 0 aliphatic rings. The number of ether oxygens (including phenoxy) is 2. The van der Waals surface area contributed by atoms with E-state index in [4.69, 9.17) is 9.15 Å². The summed E-state index contributed by atoms with van der Waals surface area (Å²) in [6.45, 7) is 3.05. The predicted octanol–water partition coefficient (Wildman–Crippen LogP) is 3.18. The highest BCUT2D eigenvalue weighted by atomic mass is 19.1. The molecular weight excluding hydrogens is 291 g/mol. The van der Waals surface area contributed by atoms with Crippen molar-refractivity contribution in [3.05, 3.63) is 58.3 Å². The summed E-state index contributed by atoms with van der Waals surface area (Å²) in [6.07, 6.45) is 0. The van der Waals surface area contributed by atoms with Crippen LogP contribution < -0.4 is 0 Å². The molecule has 0 aliphatic carbocycles. The van der Waals surface area contributed by atoms with Crippen LogP contribution in [0.5, 0.6) is 0 Å². The van der Waals surface area contributed by atoms with Crippen LogP contribution in [0.2, 0.25) is 0 Å². The van der Waals surface area contributed by atoms with Gasteiger partial charge < -0.3 is 13.9 Å². The third kappa shape index (κ3) is 3.33. The maximum Gasteiger partial charge on any atom is 0.341 e. The summed E-state index contributed by atoms with van der Waals surface area (Å²) in [7, 11) is 1.26. The number of hydrogen-bond donors (Lipinski definition) is 0. The Bertz CT molecular complexity index is 717. The van der Waals surface area contributed by atoms with Crippen molar-refractivity contribution in [1.29, 1.82) is 0 Å². The van der Waals surface area contributed by atoms with Gasteiger partial charge in [0.25, 0.3) is 0 Å². The zero-order chi connectivity index (χ0) is 16.3. The van der Waals surface area contributed by atoms with E-state index in [2.05, 4.69) is 4.74 Å². The molecule has 0 spiro atoms. The summed E-state index contributed by atoms with van der Waals surface area (Å²) in [5, 5.41) is 0. The van der Waals surface area contributed by atoms with Crippen molar-refractivity contribution in [3.8, 4) is 0 Å². The lowest BCUT2D eigenvalue weighted by Crippen LogP contribution is -2.05. The molecule has 0 bridgehead atoms. The van der Waals surface area contributed by atoms with Crippen LogP contribution in [0.25, 0.3) is 0 Å². The minimum atomic E-state index is -0.674. The van der Waals surface area contributed by atoms with Gasteiger partial charge in [0, 0.05) is 0 Å². The quantitative estimate of drug-likeness (QED) is 0.812. The van der Waals surface area contributed by atoms with Crippen molar-refractivity contribution in [3.63, 3.8) is 0 Å². The van der Waals surface area contributed by atoms with Crippen molar-refractivity contribution in [2.75, 3.05) is 7.11 Å². The number of esters is 2. The maximum absolute atomic E-state index is 13.4. The predicted molar refractivity (Wildman–Crippen MR) is 75.0 cm³/mol. The van der Waals surface area contributed by atoms with Gasteiger partial charge in [-0.2, -0.15) is 0 Å². The molecule has 6 heteroatoms. The molecule has 116 valence electrons. The maximum atomic E-state index is 13.4. The highest BCUT2D eigenvalue weighted by Gasteiger charge is 2.17. The lowest BCUT2D eigenvalue weighted by Gasteiger charge is -2.04. The molecule has 0 fully saturated rings. The van der Waals surface area contributed by atoms with E-state index in [1.807, 2.05) is 0 Å². The van der Waals surface area contributed by atoms with E-state index in [0.717, 1.165) is 6.07 Å². The molecule has 0 saturated carbocycles. The molecule has 2 aromatic rings. The Hall–Kier alpha value is -2.63. The Balaban J connectivity index is 2.05. The van der Waals surface area contributed by atoms with Crippen molar-refractivity contribution >= 4 is 11.9 Å². The molecule has 2 rings (SSSR count). The van der Waals surface area contributed by atoms with E-state index >= 15 is 0 Å². The van der Waals surface area contributed by atoms with E-state index < -0.39 is 17.8 Å². The third-order valence-electron chi connectivity index (χ3n) is 3.13. The summed E-state index contributed by atoms with van der Waals surface area (Å²) >= 11 is 0. The van der Waals surface area contributed by atoms with Gasteiger partial charge in [0.05, 0.1) is 12.7 Å². The smallest absolute Gasteiger partial charge is 0.341 e. The highest BCUT2D eigenvalue weighted by Crippen LogP contribution is 2.17. The van der Waals surface area contributed by atoms with Crippen LogP contribution in [0, 0.1) is 19.7 Å². The Morgan fingerprint density at radius 2 is 1.91 bits per heavy atom. The lowest BCUT2D eigenvalue weighted by molar-refractivity contribution is 0.0443. The summed E-state index contributed by atoms with van der Waals surface area (Å²) < 4.78 is 28.4. The van der Waals surface area contributed by atoms with Crippen LogP contribution in [-0.4, -0.2) is 19.0 Å². The zero-order valence-electron chi connectivity index (χ0n) is 12.4. The normalized spacial score (nSPS) is 10.4. The second-order valence-corrected chi connectivity index (χ2v) is 4.71.